The summed E-state index contributed by atoms with van der Waals surface area (Å²) in [7, 11) is 0. The van der Waals surface area contributed by atoms with E-state index in [4.69, 9.17) is 9.47 Å². The Morgan fingerprint density at radius 3 is 2.91 bits per heavy atom. The van der Waals surface area contributed by atoms with E-state index in [1.165, 1.54) is 0 Å². The number of amides is 1. The Hall–Kier alpha value is -1.30. The minimum Gasteiger partial charge on any atom is -0.493 e. The number of halogens is 2. The summed E-state index contributed by atoms with van der Waals surface area (Å²) in [6.45, 7) is 6.33. The van der Waals surface area contributed by atoms with E-state index in [9.17, 15) is 9.18 Å². The zero-order valence-corrected chi connectivity index (χ0v) is 14.7. The van der Waals surface area contributed by atoms with Crippen LogP contribution in [-0.4, -0.2) is 24.8 Å². The van der Waals surface area contributed by atoms with Crippen molar-refractivity contribution in [3.63, 3.8) is 0 Å². The van der Waals surface area contributed by atoms with Crippen molar-refractivity contribution in [1.82, 2.24) is 5.32 Å². The third-order valence-corrected chi connectivity index (χ3v) is 3.95. The highest BCUT2D eigenvalue weighted by Gasteiger charge is 2.21. The fraction of sp³-hybridized carbons (Fsp3) is 0.562. The number of rotatable bonds is 3. The van der Waals surface area contributed by atoms with Crippen molar-refractivity contribution in [2.45, 2.75) is 45.6 Å². The van der Waals surface area contributed by atoms with Crippen molar-refractivity contribution < 1.29 is 18.7 Å². The first-order valence-electron chi connectivity index (χ1n) is 7.37. The van der Waals surface area contributed by atoms with Gasteiger partial charge in [-0.05, 0) is 46.1 Å². The molecule has 1 aliphatic rings. The van der Waals surface area contributed by atoms with Gasteiger partial charge in [0, 0.05) is 22.1 Å². The first-order chi connectivity index (χ1) is 10.3. The van der Waals surface area contributed by atoms with Gasteiger partial charge in [0.15, 0.2) is 0 Å². The molecule has 1 aromatic rings. The van der Waals surface area contributed by atoms with Crippen LogP contribution >= 0.6 is 15.9 Å². The molecule has 0 spiro atoms. The lowest BCUT2D eigenvalue weighted by atomic mass is 10.0. The highest BCUT2D eigenvalue weighted by Crippen LogP contribution is 2.34. The van der Waals surface area contributed by atoms with Gasteiger partial charge in [0.2, 0.25) is 0 Å². The zero-order chi connectivity index (χ0) is 16.3. The van der Waals surface area contributed by atoms with Crippen LogP contribution in [0, 0.1) is 5.82 Å². The van der Waals surface area contributed by atoms with Crippen LogP contribution in [0.5, 0.6) is 5.75 Å². The van der Waals surface area contributed by atoms with Crippen molar-refractivity contribution in [3.8, 4) is 5.75 Å². The number of nitrogens with one attached hydrogen (secondary N) is 1. The summed E-state index contributed by atoms with van der Waals surface area (Å²) in [5.74, 6) is 0.370. The van der Waals surface area contributed by atoms with Crippen molar-refractivity contribution in [3.05, 3.63) is 27.5 Å². The van der Waals surface area contributed by atoms with Crippen LogP contribution in [0.25, 0.3) is 0 Å². The molecule has 1 N–H and O–H groups in total. The topological polar surface area (TPSA) is 47.6 Å². The third kappa shape index (κ3) is 4.35. The van der Waals surface area contributed by atoms with Crippen molar-refractivity contribution in [2.75, 3.05) is 13.2 Å². The summed E-state index contributed by atoms with van der Waals surface area (Å²) in [4.78, 5) is 11.6. The molecule has 122 valence electrons. The fourth-order valence-electron chi connectivity index (χ4n) is 2.31. The zero-order valence-electron chi connectivity index (χ0n) is 13.1. The number of hydrogen-bond acceptors (Lipinski definition) is 3. The van der Waals surface area contributed by atoms with Crippen molar-refractivity contribution >= 4 is 22.0 Å². The average molecular weight is 374 g/mol. The molecular formula is C16H21BrFNO3. The molecule has 0 aromatic heterocycles. The van der Waals surface area contributed by atoms with E-state index >= 15 is 0 Å². The van der Waals surface area contributed by atoms with Crippen LogP contribution in [0.1, 0.15) is 38.3 Å². The predicted octanol–water partition coefficient (Wildman–Crippen LogP) is 3.98. The maximum Gasteiger partial charge on any atom is 0.407 e. The molecule has 1 heterocycles. The van der Waals surface area contributed by atoms with Crippen molar-refractivity contribution in [1.29, 1.82) is 0 Å². The Kier molecular flexibility index (Phi) is 5.32. The second-order valence-corrected chi connectivity index (χ2v) is 7.11. The van der Waals surface area contributed by atoms with Crippen LogP contribution in [0.15, 0.2) is 10.5 Å². The smallest absolute Gasteiger partial charge is 0.407 e. The maximum atomic E-state index is 14.6. The summed E-state index contributed by atoms with van der Waals surface area (Å²) in [5, 5.41) is 2.64. The van der Waals surface area contributed by atoms with E-state index in [0.717, 1.165) is 6.42 Å². The highest BCUT2D eigenvalue weighted by molar-refractivity contribution is 9.10. The molecule has 0 unspecified atom stereocenters. The lowest BCUT2D eigenvalue weighted by Gasteiger charge is -2.21. The Labute approximate surface area is 138 Å². The molecule has 0 saturated carbocycles. The lowest BCUT2D eigenvalue weighted by Crippen LogP contribution is -2.33. The molecule has 2 rings (SSSR count). The maximum absolute atomic E-state index is 14.6. The van der Waals surface area contributed by atoms with Crippen LogP contribution in [-0.2, 0) is 17.6 Å². The number of carbonyl (C=O) groups is 1. The van der Waals surface area contributed by atoms with E-state index < -0.39 is 11.7 Å². The number of hydrogen-bond donors (Lipinski definition) is 1. The number of benzene rings is 1. The lowest BCUT2D eigenvalue weighted by molar-refractivity contribution is 0.0528. The van der Waals surface area contributed by atoms with Gasteiger partial charge in [-0.25, -0.2) is 9.18 Å². The quantitative estimate of drug-likeness (QED) is 0.871. The largest absolute Gasteiger partial charge is 0.493 e. The Morgan fingerprint density at radius 1 is 1.50 bits per heavy atom. The molecule has 1 aliphatic heterocycles. The van der Waals surface area contributed by atoms with Crippen molar-refractivity contribution in [2.24, 2.45) is 0 Å². The van der Waals surface area contributed by atoms with Crippen LogP contribution < -0.4 is 10.1 Å². The molecule has 0 atom stereocenters. The van der Waals surface area contributed by atoms with Gasteiger partial charge in [0.1, 0.15) is 17.2 Å². The number of fused-ring (bicyclic) bond motifs is 1. The molecule has 0 fully saturated rings. The second-order valence-electron chi connectivity index (χ2n) is 6.26. The molecule has 4 nitrogen and oxygen atoms in total. The Morgan fingerprint density at radius 2 is 2.23 bits per heavy atom. The number of carbonyl (C=O) groups excluding carboxylic acids is 1. The first-order valence-corrected chi connectivity index (χ1v) is 8.16. The second kappa shape index (κ2) is 6.86. The monoisotopic (exact) mass is 373 g/mol. The van der Waals surface area contributed by atoms with E-state index in [1.807, 2.05) is 0 Å². The SMILES string of the molecule is CC(C)(C)OC(=O)NCCc1c(Br)cc2c(c1F)CCCO2. The first kappa shape index (κ1) is 17.1. The standard InChI is InChI=1S/C16H21BrFNO3/c1-16(2,3)22-15(20)19-7-6-10-12(17)9-13-11(14(10)18)5-4-8-21-13/h9H,4-8H2,1-3H3,(H,19,20). The van der Waals surface area contributed by atoms with Gasteiger partial charge in [-0.15, -0.1) is 0 Å². The molecule has 0 radical (unpaired) electrons. The fourth-order valence-corrected chi connectivity index (χ4v) is 2.89. The number of ether oxygens (including phenoxy) is 2. The molecule has 0 bridgehead atoms. The van der Waals surface area contributed by atoms with E-state index in [-0.39, 0.29) is 5.82 Å². The Balaban J connectivity index is 2.00. The Bertz CT molecular complexity index is 569. The molecule has 0 aliphatic carbocycles. The van der Waals surface area contributed by atoms with Gasteiger partial charge in [-0.1, -0.05) is 15.9 Å². The number of alkyl carbamates (subject to hydrolysis) is 1. The van der Waals surface area contributed by atoms with Crippen LogP contribution in [0.4, 0.5) is 9.18 Å². The van der Waals surface area contributed by atoms with Gasteiger partial charge in [-0.2, -0.15) is 0 Å². The van der Waals surface area contributed by atoms with Crippen LogP contribution in [0.2, 0.25) is 0 Å². The van der Waals surface area contributed by atoms with Gasteiger partial charge < -0.3 is 14.8 Å². The minimum atomic E-state index is -0.543. The van der Waals surface area contributed by atoms with Gasteiger partial charge in [0.25, 0.3) is 0 Å². The summed E-state index contributed by atoms with van der Waals surface area (Å²) in [5.41, 5.74) is 0.640. The van der Waals surface area contributed by atoms with Crippen LogP contribution in [0.3, 0.4) is 0 Å². The summed E-state index contributed by atoms with van der Waals surface area (Å²) in [6.07, 6.45) is 1.39. The molecule has 1 aromatic carbocycles. The summed E-state index contributed by atoms with van der Waals surface area (Å²) < 4.78 is 25.8. The highest BCUT2D eigenvalue weighted by atomic mass is 79.9. The predicted molar refractivity (Wildman–Crippen MR) is 85.9 cm³/mol. The molecule has 22 heavy (non-hydrogen) atoms. The molecule has 0 saturated heterocycles. The van der Waals surface area contributed by atoms with Gasteiger partial charge in [0.05, 0.1) is 6.61 Å². The van der Waals surface area contributed by atoms with E-state index in [1.54, 1.807) is 26.8 Å². The van der Waals surface area contributed by atoms with E-state index in [0.29, 0.717) is 47.3 Å². The molecule has 1 amide bonds. The summed E-state index contributed by atoms with van der Waals surface area (Å²) >= 11 is 3.38. The average Bonchev–Trinajstić information content (AvgIpc) is 2.40. The molecule has 6 heteroatoms. The normalized spacial score (nSPS) is 14.0. The van der Waals surface area contributed by atoms with Gasteiger partial charge >= 0.3 is 6.09 Å². The summed E-state index contributed by atoms with van der Waals surface area (Å²) in [6, 6.07) is 1.81. The third-order valence-electron chi connectivity index (χ3n) is 3.25. The molecular weight excluding hydrogens is 353 g/mol. The van der Waals surface area contributed by atoms with E-state index in [2.05, 4.69) is 21.2 Å². The minimum absolute atomic E-state index is 0.241. The van der Waals surface area contributed by atoms with Gasteiger partial charge in [-0.3, -0.25) is 0 Å².